The Labute approximate surface area is 160 Å². The Balaban J connectivity index is 1.28. The van der Waals surface area contributed by atoms with E-state index in [9.17, 15) is 4.79 Å². The van der Waals surface area contributed by atoms with Crippen LogP contribution in [0.5, 0.6) is 0 Å². The first kappa shape index (κ1) is 17.7. The number of carbonyl (C=O) groups excluding carboxylic acids is 1. The highest BCUT2D eigenvalue weighted by Crippen LogP contribution is 2.21. The molecule has 2 fully saturated rings. The molecule has 1 aliphatic carbocycles. The Bertz CT molecular complexity index is 793. The molecule has 140 valence electrons. The van der Waals surface area contributed by atoms with Gasteiger partial charge in [-0.25, -0.2) is 0 Å². The summed E-state index contributed by atoms with van der Waals surface area (Å²) in [4.78, 5) is 21.3. The first-order valence-corrected chi connectivity index (χ1v) is 9.73. The van der Waals surface area contributed by atoms with E-state index in [4.69, 9.17) is 0 Å². The van der Waals surface area contributed by atoms with E-state index in [0.717, 1.165) is 51.3 Å². The second-order valence-corrected chi connectivity index (χ2v) is 7.28. The van der Waals surface area contributed by atoms with Crippen molar-refractivity contribution in [3.8, 4) is 0 Å². The fraction of sp³-hybridized carbons (Fsp3) is 0.364. The normalized spacial score (nSPS) is 18.0. The Morgan fingerprint density at radius 3 is 2.63 bits per heavy atom. The number of benzene rings is 1. The van der Waals surface area contributed by atoms with E-state index < -0.39 is 0 Å². The summed E-state index contributed by atoms with van der Waals surface area (Å²) in [5, 5.41) is 3.03. The number of pyridine rings is 1. The van der Waals surface area contributed by atoms with Gasteiger partial charge in [-0.3, -0.25) is 14.7 Å². The number of aromatic nitrogens is 1. The van der Waals surface area contributed by atoms with E-state index in [2.05, 4.69) is 56.5 Å². The molecule has 0 radical (unpaired) electrons. The minimum absolute atomic E-state index is 0.00321. The maximum atomic E-state index is 12.2. The molecule has 1 aromatic carbocycles. The van der Waals surface area contributed by atoms with Crippen LogP contribution in [0.25, 0.3) is 6.08 Å². The summed E-state index contributed by atoms with van der Waals surface area (Å²) in [5.74, 6) is -0.00321. The minimum Gasteiger partial charge on any atom is -0.368 e. The third-order valence-corrected chi connectivity index (χ3v) is 5.11. The molecular formula is C22H26N4O. The number of piperazine rings is 1. The van der Waals surface area contributed by atoms with Crippen LogP contribution in [0.2, 0.25) is 0 Å². The fourth-order valence-corrected chi connectivity index (χ4v) is 3.31. The van der Waals surface area contributed by atoms with Crippen LogP contribution >= 0.6 is 0 Å². The van der Waals surface area contributed by atoms with Crippen molar-refractivity contribution in [1.29, 1.82) is 0 Å². The van der Waals surface area contributed by atoms with Crippen molar-refractivity contribution in [3.63, 3.8) is 0 Å². The van der Waals surface area contributed by atoms with E-state index in [1.165, 1.54) is 5.56 Å². The van der Waals surface area contributed by atoms with Crippen LogP contribution in [0.4, 0.5) is 5.69 Å². The van der Waals surface area contributed by atoms with Crippen LogP contribution in [-0.4, -0.2) is 54.6 Å². The van der Waals surface area contributed by atoms with Gasteiger partial charge in [-0.05, 0) is 24.5 Å². The molecule has 1 amide bonds. The topological polar surface area (TPSA) is 48.5 Å². The largest absolute Gasteiger partial charge is 0.368 e. The molecule has 5 heteroatoms. The van der Waals surface area contributed by atoms with Gasteiger partial charge in [-0.2, -0.15) is 0 Å². The highest BCUT2D eigenvalue weighted by atomic mass is 16.1. The maximum absolute atomic E-state index is 12.2. The third kappa shape index (κ3) is 4.95. The quantitative estimate of drug-likeness (QED) is 0.858. The van der Waals surface area contributed by atoms with Crippen LogP contribution in [0.3, 0.4) is 0 Å². The molecule has 27 heavy (non-hydrogen) atoms. The molecule has 1 aromatic heterocycles. The van der Waals surface area contributed by atoms with Gasteiger partial charge in [0.1, 0.15) is 0 Å². The molecule has 0 unspecified atom stereocenters. The SMILES string of the molecule is O=C(NC1CC1)c1cncc(N2CCN(C/C=C/c3ccccc3)CC2)c1. The lowest BCUT2D eigenvalue weighted by molar-refractivity contribution is 0.0950. The summed E-state index contributed by atoms with van der Waals surface area (Å²) in [5.41, 5.74) is 2.94. The van der Waals surface area contributed by atoms with Gasteiger partial charge in [0.15, 0.2) is 0 Å². The summed E-state index contributed by atoms with van der Waals surface area (Å²) >= 11 is 0. The molecule has 1 N–H and O–H groups in total. The number of amides is 1. The van der Waals surface area contributed by atoms with Crippen LogP contribution in [0.15, 0.2) is 54.9 Å². The van der Waals surface area contributed by atoms with Crippen molar-refractivity contribution in [2.45, 2.75) is 18.9 Å². The molecule has 5 nitrogen and oxygen atoms in total. The summed E-state index contributed by atoms with van der Waals surface area (Å²) < 4.78 is 0. The van der Waals surface area contributed by atoms with Crippen molar-refractivity contribution < 1.29 is 4.79 Å². The van der Waals surface area contributed by atoms with E-state index in [-0.39, 0.29) is 5.91 Å². The lowest BCUT2D eigenvalue weighted by Crippen LogP contribution is -2.46. The van der Waals surface area contributed by atoms with Crippen molar-refractivity contribution in [1.82, 2.24) is 15.2 Å². The van der Waals surface area contributed by atoms with Gasteiger partial charge >= 0.3 is 0 Å². The fourth-order valence-electron chi connectivity index (χ4n) is 3.31. The molecule has 2 heterocycles. The Morgan fingerprint density at radius 1 is 1.11 bits per heavy atom. The molecular weight excluding hydrogens is 336 g/mol. The third-order valence-electron chi connectivity index (χ3n) is 5.11. The molecule has 1 aliphatic heterocycles. The number of nitrogens with one attached hydrogen (secondary N) is 1. The zero-order chi connectivity index (χ0) is 18.5. The highest BCUT2D eigenvalue weighted by Gasteiger charge is 2.24. The number of hydrogen-bond acceptors (Lipinski definition) is 4. The Kier molecular flexibility index (Phi) is 5.49. The number of rotatable bonds is 6. The van der Waals surface area contributed by atoms with Crippen LogP contribution in [-0.2, 0) is 0 Å². The lowest BCUT2D eigenvalue weighted by Gasteiger charge is -2.35. The predicted octanol–water partition coefficient (Wildman–Crippen LogP) is 2.81. The summed E-state index contributed by atoms with van der Waals surface area (Å²) in [6.45, 7) is 4.89. The predicted molar refractivity (Wildman–Crippen MR) is 109 cm³/mol. The minimum atomic E-state index is -0.00321. The zero-order valence-electron chi connectivity index (χ0n) is 15.6. The van der Waals surface area contributed by atoms with Gasteiger partial charge < -0.3 is 10.2 Å². The average Bonchev–Trinajstić information content (AvgIpc) is 3.53. The van der Waals surface area contributed by atoms with Crippen LogP contribution < -0.4 is 10.2 Å². The zero-order valence-corrected chi connectivity index (χ0v) is 15.6. The van der Waals surface area contributed by atoms with Crippen LogP contribution in [0.1, 0.15) is 28.8 Å². The van der Waals surface area contributed by atoms with E-state index >= 15 is 0 Å². The van der Waals surface area contributed by atoms with Gasteiger partial charge in [-0.1, -0.05) is 42.5 Å². The second-order valence-electron chi connectivity index (χ2n) is 7.28. The first-order valence-electron chi connectivity index (χ1n) is 9.73. The molecule has 0 spiro atoms. The van der Waals surface area contributed by atoms with Crippen molar-refractivity contribution in [2.24, 2.45) is 0 Å². The summed E-state index contributed by atoms with van der Waals surface area (Å²) in [7, 11) is 0. The van der Waals surface area contributed by atoms with Gasteiger partial charge in [-0.15, -0.1) is 0 Å². The van der Waals surface area contributed by atoms with Crippen molar-refractivity contribution >= 4 is 17.7 Å². The van der Waals surface area contributed by atoms with E-state index in [1.807, 2.05) is 18.3 Å². The molecule has 1 saturated heterocycles. The summed E-state index contributed by atoms with van der Waals surface area (Å²) in [6, 6.07) is 12.7. The highest BCUT2D eigenvalue weighted by molar-refractivity contribution is 5.95. The average molecular weight is 362 g/mol. The smallest absolute Gasteiger partial charge is 0.253 e. The van der Waals surface area contributed by atoms with Gasteiger partial charge in [0.2, 0.25) is 0 Å². The first-order chi connectivity index (χ1) is 13.3. The van der Waals surface area contributed by atoms with E-state index in [1.54, 1.807) is 6.20 Å². The lowest BCUT2D eigenvalue weighted by atomic mass is 10.2. The number of anilines is 1. The monoisotopic (exact) mass is 362 g/mol. The number of hydrogen-bond donors (Lipinski definition) is 1. The molecule has 1 saturated carbocycles. The van der Waals surface area contributed by atoms with Crippen molar-refractivity contribution in [3.05, 3.63) is 66.0 Å². The second kappa shape index (κ2) is 8.35. The maximum Gasteiger partial charge on any atom is 0.253 e. The van der Waals surface area contributed by atoms with Gasteiger partial charge in [0.05, 0.1) is 17.4 Å². The van der Waals surface area contributed by atoms with Crippen LogP contribution in [0, 0.1) is 0 Å². The molecule has 2 aromatic rings. The van der Waals surface area contributed by atoms with Gasteiger partial charge in [0.25, 0.3) is 5.91 Å². The van der Waals surface area contributed by atoms with Crippen molar-refractivity contribution in [2.75, 3.05) is 37.6 Å². The number of carbonyl (C=O) groups is 1. The molecule has 2 aliphatic rings. The Morgan fingerprint density at radius 2 is 1.89 bits per heavy atom. The standard InChI is InChI=1S/C22H26N4O/c27-22(24-20-8-9-20)19-15-21(17-23-16-19)26-13-11-25(12-14-26)10-4-7-18-5-2-1-3-6-18/h1-7,15-17,20H,8-14H2,(H,24,27)/b7-4+. The van der Waals surface area contributed by atoms with Gasteiger partial charge in [0, 0.05) is 45.0 Å². The summed E-state index contributed by atoms with van der Waals surface area (Å²) in [6.07, 6.45) is 10.1. The Hall–Kier alpha value is -2.66. The number of nitrogens with zero attached hydrogens (tertiary/aromatic N) is 3. The molecule has 0 atom stereocenters. The molecule has 4 rings (SSSR count). The molecule has 0 bridgehead atoms. The van der Waals surface area contributed by atoms with E-state index in [0.29, 0.717) is 11.6 Å².